The Balaban J connectivity index is 2.25. The lowest BCUT2D eigenvalue weighted by Gasteiger charge is -2.38. The van der Waals surface area contributed by atoms with Crippen molar-refractivity contribution in [1.82, 2.24) is 9.80 Å². The molecule has 0 atom stereocenters. The maximum absolute atomic E-state index is 3.54. The van der Waals surface area contributed by atoms with Crippen molar-refractivity contribution >= 4 is 15.9 Å². The minimum Gasteiger partial charge on any atom is -0.303 e. The van der Waals surface area contributed by atoms with E-state index in [0.29, 0.717) is 0 Å². The zero-order chi connectivity index (χ0) is 11.8. The van der Waals surface area contributed by atoms with Crippen molar-refractivity contribution in [3.05, 3.63) is 0 Å². The molecule has 16 heavy (non-hydrogen) atoms. The second-order valence-electron chi connectivity index (χ2n) is 4.69. The van der Waals surface area contributed by atoms with Crippen molar-refractivity contribution in [2.45, 2.75) is 45.6 Å². The smallest absolute Gasteiger partial charge is 0.0112 e. The molecular formula is C13H27BrN2. The maximum atomic E-state index is 3.54. The van der Waals surface area contributed by atoms with Crippen molar-refractivity contribution < 1.29 is 0 Å². The molecule has 1 rings (SSSR count). The summed E-state index contributed by atoms with van der Waals surface area (Å²) in [4.78, 5) is 5.24. The molecule has 0 spiro atoms. The standard InChI is InChI=1S/C13H27BrN2/c1-3-15(4-2)11-12-16(10-6-9-14)13-7-5-8-13/h13H,3-12H2,1-2H3. The van der Waals surface area contributed by atoms with Crippen molar-refractivity contribution in [2.75, 3.05) is 38.1 Å². The molecule has 1 fully saturated rings. The highest BCUT2D eigenvalue weighted by Crippen LogP contribution is 2.24. The van der Waals surface area contributed by atoms with Crippen LogP contribution >= 0.6 is 15.9 Å². The number of halogens is 1. The summed E-state index contributed by atoms with van der Waals surface area (Å²) >= 11 is 3.54. The third-order valence-corrected chi connectivity index (χ3v) is 4.33. The third kappa shape index (κ3) is 4.72. The fourth-order valence-electron chi connectivity index (χ4n) is 2.30. The van der Waals surface area contributed by atoms with Crippen LogP contribution in [0, 0.1) is 0 Å². The molecule has 96 valence electrons. The van der Waals surface area contributed by atoms with Gasteiger partial charge in [0, 0.05) is 24.5 Å². The summed E-state index contributed by atoms with van der Waals surface area (Å²) in [5.74, 6) is 0. The first-order chi connectivity index (χ1) is 7.81. The van der Waals surface area contributed by atoms with E-state index in [9.17, 15) is 0 Å². The lowest BCUT2D eigenvalue weighted by atomic mass is 9.91. The highest BCUT2D eigenvalue weighted by molar-refractivity contribution is 9.09. The predicted octanol–water partition coefficient (Wildman–Crippen LogP) is 2.97. The minimum absolute atomic E-state index is 0.898. The molecule has 0 aromatic carbocycles. The topological polar surface area (TPSA) is 6.48 Å². The quantitative estimate of drug-likeness (QED) is 0.603. The summed E-state index contributed by atoms with van der Waals surface area (Å²) in [7, 11) is 0. The number of nitrogens with zero attached hydrogens (tertiary/aromatic N) is 2. The van der Waals surface area contributed by atoms with Crippen molar-refractivity contribution in [1.29, 1.82) is 0 Å². The van der Waals surface area contributed by atoms with Gasteiger partial charge in [-0.1, -0.05) is 36.2 Å². The Morgan fingerprint density at radius 3 is 2.19 bits per heavy atom. The van der Waals surface area contributed by atoms with E-state index in [1.54, 1.807) is 0 Å². The van der Waals surface area contributed by atoms with Crippen LogP contribution in [0.4, 0.5) is 0 Å². The summed E-state index contributed by atoms with van der Waals surface area (Å²) in [5, 5.41) is 1.14. The van der Waals surface area contributed by atoms with E-state index in [1.165, 1.54) is 58.4 Å². The fraction of sp³-hybridized carbons (Fsp3) is 1.00. The first-order valence-corrected chi connectivity index (χ1v) is 7.96. The van der Waals surface area contributed by atoms with Crippen LogP contribution in [0.25, 0.3) is 0 Å². The second-order valence-corrected chi connectivity index (χ2v) is 5.48. The van der Waals surface area contributed by atoms with Crippen LogP contribution < -0.4 is 0 Å². The van der Waals surface area contributed by atoms with Gasteiger partial charge in [-0.2, -0.15) is 0 Å². The lowest BCUT2D eigenvalue weighted by Crippen LogP contribution is -2.44. The van der Waals surface area contributed by atoms with E-state index < -0.39 is 0 Å². The van der Waals surface area contributed by atoms with Gasteiger partial charge >= 0.3 is 0 Å². The molecule has 0 bridgehead atoms. The molecule has 1 saturated carbocycles. The number of hydrogen-bond donors (Lipinski definition) is 0. The van der Waals surface area contributed by atoms with E-state index in [4.69, 9.17) is 0 Å². The minimum atomic E-state index is 0.898. The van der Waals surface area contributed by atoms with Crippen LogP contribution in [0.5, 0.6) is 0 Å². The zero-order valence-electron chi connectivity index (χ0n) is 10.9. The zero-order valence-corrected chi connectivity index (χ0v) is 12.5. The summed E-state index contributed by atoms with van der Waals surface area (Å²) in [6.45, 7) is 10.7. The maximum Gasteiger partial charge on any atom is 0.0112 e. The molecule has 0 aromatic heterocycles. The molecule has 0 saturated heterocycles. The Bertz CT molecular complexity index is 167. The van der Waals surface area contributed by atoms with Gasteiger partial charge in [-0.3, -0.25) is 4.90 Å². The van der Waals surface area contributed by atoms with Gasteiger partial charge in [0.15, 0.2) is 0 Å². The van der Waals surface area contributed by atoms with Gasteiger partial charge in [0.1, 0.15) is 0 Å². The van der Waals surface area contributed by atoms with E-state index >= 15 is 0 Å². The Labute approximate surface area is 109 Å². The van der Waals surface area contributed by atoms with E-state index in [2.05, 4.69) is 39.6 Å². The molecule has 0 heterocycles. The summed E-state index contributed by atoms with van der Waals surface area (Å²) in [6, 6.07) is 0.898. The SMILES string of the molecule is CCN(CC)CCN(CCCBr)C1CCC1. The Morgan fingerprint density at radius 1 is 1.06 bits per heavy atom. The summed E-state index contributed by atoms with van der Waals surface area (Å²) in [5.41, 5.74) is 0. The Hall–Kier alpha value is 0.400. The predicted molar refractivity (Wildman–Crippen MR) is 75.4 cm³/mol. The van der Waals surface area contributed by atoms with Crippen LogP contribution in [-0.4, -0.2) is 53.9 Å². The monoisotopic (exact) mass is 290 g/mol. The van der Waals surface area contributed by atoms with Crippen LogP contribution in [0.1, 0.15) is 39.5 Å². The summed E-state index contributed by atoms with van der Waals surface area (Å²) in [6.07, 6.45) is 5.59. The molecule has 0 radical (unpaired) electrons. The van der Waals surface area contributed by atoms with Gasteiger partial charge in [-0.25, -0.2) is 0 Å². The number of hydrogen-bond acceptors (Lipinski definition) is 2. The molecule has 2 nitrogen and oxygen atoms in total. The largest absolute Gasteiger partial charge is 0.303 e. The van der Waals surface area contributed by atoms with Crippen LogP contribution in [0.3, 0.4) is 0 Å². The van der Waals surface area contributed by atoms with Gasteiger partial charge in [-0.05, 0) is 38.9 Å². The molecule has 1 aliphatic carbocycles. The van der Waals surface area contributed by atoms with Crippen LogP contribution in [0.15, 0.2) is 0 Å². The van der Waals surface area contributed by atoms with E-state index in [1.807, 2.05) is 0 Å². The number of alkyl halides is 1. The Kier molecular flexibility index (Phi) is 7.67. The molecule has 3 heteroatoms. The molecule has 0 aliphatic heterocycles. The summed E-state index contributed by atoms with van der Waals surface area (Å²) < 4.78 is 0. The third-order valence-electron chi connectivity index (χ3n) is 3.77. The lowest BCUT2D eigenvalue weighted by molar-refractivity contribution is 0.111. The average molecular weight is 291 g/mol. The molecule has 0 aromatic rings. The van der Waals surface area contributed by atoms with Gasteiger partial charge < -0.3 is 4.90 Å². The molecule has 0 N–H and O–H groups in total. The van der Waals surface area contributed by atoms with Crippen LogP contribution in [-0.2, 0) is 0 Å². The van der Waals surface area contributed by atoms with Gasteiger partial charge in [-0.15, -0.1) is 0 Å². The first kappa shape index (κ1) is 14.5. The van der Waals surface area contributed by atoms with Crippen LogP contribution in [0.2, 0.25) is 0 Å². The second kappa shape index (κ2) is 8.48. The van der Waals surface area contributed by atoms with Crippen molar-refractivity contribution in [3.63, 3.8) is 0 Å². The Morgan fingerprint density at radius 2 is 1.75 bits per heavy atom. The molecule has 0 amide bonds. The van der Waals surface area contributed by atoms with E-state index in [-0.39, 0.29) is 0 Å². The number of rotatable bonds is 9. The first-order valence-electron chi connectivity index (χ1n) is 6.84. The average Bonchev–Trinajstić information content (AvgIpc) is 2.24. The molecule has 0 unspecified atom stereocenters. The van der Waals surface area contributed by atoms with Crippen molar-refractivity contribution in [3.8, 4) is 0 Å². The molecular weight excluding hydrogens is 264 g/mol. The van der Waals surface area contributed by atoms with Gasteiger partial charge in [0.2, 0.25) is 0 Å². The van der Waals surface area contributed by atoms with E-state index in [0.717, 1.165) is 11.4 Å². The highest BCUT2D eigenvalue weighted by Gasteiger charge is 2.24. The van der Waals surface area contributed by atoms with Crippen molar-refractivity contribution in [2.24, 2.45) is 0 Å². The fourth-order valence-corrected chi connectivity index (χ4v) is 2.55. The highest BCUT2D eigenvalue weighted by atomic mass is 79.9. The number of likely N-dealkylation sites (N-methyl/N-ethyl adjacent to an activating group) is 1. The van der Waals surface area contributed by atoms with Gasteiger partial charge in [0.05, 0.1) is 0 Å². The normalized spacial score (nSPS) is 17.1. The van der Waals surface area contributed by atoms with Gasteiger partial charge in [0.25, 0.3) is 0 Å². The molecule has 1 aliphatic rings.